The van der Waals surface area contributed by atoms with E-state index in [2.05, 4.69) is 4.98 Å². The first-order valence-electron chi connectivity index (χ1n) is 4.12. The number of fused-ring (bicyclic) bond motifs is 1. The molecule has 2 rings (SSSR count). The number of hydrogen-bond acceptors (Lipinski definition) is 1. The van der Waals surface area contributed by atoms with Crippen molar-refractivity contribution < 1.29 is 13.2 Å². The minimum Gasteiger partial charge on any atom is -0.260 e. The molecule has 0 N–H and O–H groups in total. The summed E-state index contributed by atoms with van der Waals surface area (Å²) in [4.78, 5) is 3.81. The molecule has 70 valence electrons. The average Bonchev–Trinajstić information content (AvgIpc) is 2.47. The van der Waals surface area contributed by atoms with Gasteiger partial charge in [0.05, 0.1) is 5.56 Å². The monoisotopic (exact) mass is 187 g/mol. The van der Waals surface area contributed by atoms with E-state index in [1.807, 2.05) is 0 Å². The molecule has 0 spiro atoms. The zero-order valence-corrected chi connectivity index (χ0v) is 6.86. The summed E-state index contributed by atoms with van der Waals surface area (Å²) < 4.78 is 36.6. The Balaban J connectivity index is 2.42. The number of aryl methyl sites for hydroxylation is 2. The minimum absolute atomic E-state index is 0.631. The van der Waals surface area contributed by atoms with Crippen molar-refractivity contribution in [3.63, 3.8) is 0 Å². The predicted octanol–water partition coefficient (Wildman–Crippen LogP) is 2.59. The normalized spacial score (nSPS) is 15.9. The summed E-state index contributed by atoms with van der Waals surface area (Å²) in [6.07, 6.45) is -0.877. The molecule has 1 heterocycles. The molecular weight excluding hydrogens is 179 g/mol. The highest BCUT2D eigenvalue weighted by molar-refractivity contribution is 5.30. The number of nitrogens with zero attached hydrogens (tertiary/aromatic N) is 1. The van der Waals surface area contributed by atoms with E-state index in [-0.39, 0.29) is 0 Å². The lowest BCUT2D eigenvalue weighted by molar-refractivity contribution is -0.137. The summed E-state index contributed by atoms with van der Waals surface area (Å²) in [6.45, 7) is 0. The number of halogens is 3. The van der Waals surface area contributed by atoms with E-state index >= 15 is 0 Å². The molecule has 0 bridgehead atoms. The second-order valence-corrected chi connectivity index (χ2v) is 3.18. The summed E-state index contributed by atoms with van der Waals surface area (Å²) in [7, 11) is 0. The van der Waals surface area contributed by atoms with E-state index in [0.717, 1.165) is 36.7 Å². The Labute approximate surface area is 73.6 Å². The summed E-state index contributed by atoms with van der Waals surface area (Å²) in [5.41, 5.74) is 0.955. The van der Waals surface area contributed by atoms with E-state index in [9.17, 15) is 13.2 Å². The highest BCUT2D eigenvalue weighted by Gasteiger charge is 2.32. The smallest absolute Gasteiger partial charge is 0.260 e. The van der Waals surface area contributed by atoms with Crippen LogP contribution < -0.4 is 0 Å². The minimum atomic E-state index is -4.26. The van der Waals surface area contributed by atoms with Crippen LogP contribution >= 0.6 is 0 Å². The van der Waals surface area contributed by atoms with E-state index < -0.39 is 11.7 Å². The standard InChI is InChI=1S/C9H8F3N/c10-9(11,12)7-4-6-2-1-3-8(6)13-5-7/h4-5H,1-3H2. The van der Waals surface area contributed by atoms with Gasteiger partial charge in [-0.3, -0.25) is 4.98 Å². The molecule has 1 aliphatic carbocycles. The molecule has 0 amide bonds. The predicted molar refractivity (Wildman–Crippen MR) is 41.3 cm³/mol. The second-order valence-electron chi connectivity index (χ2n) is 3.18. The molecule has 0 fully saturated rings. The van der Waals surface area contributed by atoms with Gasteiger partial charge in [-0.25, -0.2) is 0 Å². The number of hydrogen-bond donors (Lipinski definition) is 0. The van der Waals surface area contributed by atoms with Crippen molar-refractivity contribution in [3.05, 3.63) is 29.1 Å². The van der Waals surface area contributed by atoms with Crippen LogP contribution in [-0.4, -0.2) is 4.98 Å². The molecule has 0 unspecified atom stereocenters. The molecule has 13 heavy (non-hydrogen) atoms. The van der Waals surface area contributed by atoms with Crippen LogP contribution in [0.25, 0.3) is 0 Å². The maximum Gasteiger partial charge on any atom is 0.417 e. The number of aromatic nitrogens is 1. The van der Waals surface area contributed by atoms with Gasteiger partial charge in [-0.1, -0.05) is 0 Å². The number of pyridine rings is 1. The van der Waals surface area contributed by atoms with Crippen molar-refractivity contribution >= 4 is 0 Å². The fourth-order valence-electron chi connectivity index (χ4n) is 1.58. The largest absolute Gasteiger partial charge is 0.417 e. The number of rotatable bonds is 0. The molecule has 0 aromatic carbocycles. The third kappa shape index (κ3) is 1.53. The van der Waals surface area contributed by atoms with Crippen molar-refractivity contribution in [1.29, 1.82) is 0 Å². The van der Waals surface area contributed by atoms with Crippen molar-refractivity contribution in [2.24, 2.45) is 0 Å². The average molecular weight is 187 g/mol. The van der Waals surface area contributed by atoms with Gasteiger partial charge >= 0.3 is 6.18 Å². The SMILES string of the molecule is FC(F)(F)c1cnc2c(c1)CCC2. The van der Waals surface area contributed by atoms with Crippen LogP contribution in [0.3, 0.4) is 0 Å². The van der Waals surface area contributed by atoms with Crippen LogP contribution in [0.2, 0.25) is 0 Å². The topological polar surface area (TPSA) is 12.9 Å². The van der Waals surface area contributed by atoms with Gasteiger partial charge < -0.3 is 0 Å². The van der Waals surface area contributed by atoms with Crippen LogP contribution in [0.15, 0.2) is 12.3 Å². The molecule has 1 nitrogen and oxygen atoms in total. The molecule has 0 aliphatic heterocycles. The number of alkyl halides is 3. The highest BCUT2D eigenvalue weighted by Crippen LogP contribution is 2.31. The van der Waals surface area contributed by atoms with Gasteiger partial charge in [0, 0.05) is 11.9 Å². The summed E-state index contributed by atoms with van der Waals surface area (Å²) in [5.74, 6) is 0. The Bertz CT molecular complexity index is 330. The van der Waals surface area contributed by atoms with Crippen LogP contribution in [0.1, 0.15) is 23.2 Å². The van der Waals surface area contributed by atoms with E-state index in [1.54, 1.807) is 0 Å². The van der Waals surface area contributed by atoms with Crippen LogP contribution in [0, 0.1) is 0 Å². The van der Waals surface area contributed by atoms with Gasteiger partial charge in [-0.15, -0.1) is 0 Å². The van der Waals surface area contributed by atoms with E-state index in [1.165, 1.54) is 6.07 Å². The molecule has 0 radical (unpaired) electrons. The van der Waals surface area contributed by atoms with Crippen molar-refractivity contribution in [3.8, 4) is 0 Å². The lowest BCUT2D eigenvalue weighted by Crippen LogP contribution is -2.06. The maximum atomic E-state index is 12.2. The molecular formula is C9H8F3N. The quantitative estimate of drug-likeness (QED) is 0.608. The fourth-order valence-corrected chi connectivity index (χ4v) is 1.58. The third-order valence-corrected chi connectivity index (χ3v) is 2.25. The Hall–Kier alpha value is -1.06. The van der Waals surface area contributed by atoms with Gasteiger partial charge in [-0.05, 0) is 30.9 Å². The van der Waals surface area contributed by atoms with Crippen molar-refractivity contribution in [2.75, 3.05) is 0 Å². The Kier molecular flexibility index (Phi) is 1.78. The molecule has 1 aromatic rings. The Morgan fingerprint density at radius 3 is 2.69 bits per heavy atom. The second kappa shape index (κ2) is 2.72. The van der Waals surface area contributed by atoms with E-state index in [0.29, 0.717) is 0 Å². The van der Waals surface area contributed by atoms with Crippen molar-refractivity contribution in [1.82, 2.24) is 4.98 Å². The van der Waals surface area contributed by atoms with Crippen LogP contribution in [-0.2, 0) is 19.0 Å². The molecule has 0 saturated carbocycles. The zero-order chi connectivity index (χ0) is 9.47. The maximum absolute atomic E-state index is 12.2. The Morgan fingerprint density at radius 1 is 1.23 bits per heavy atom. The first-order chi connectivity index (χ1) is 6.07. The molecule has 1 aromatic heterocycles. The lowest BCUT2D eigenvalue weighted by atomic mass is 10.1. The zero-order valence-electron chi connectivity index (χ0n) is 6.86. The third-order valence-electron chi connectivity index (χ3n) is 2.25. The highest BCUT2D eigenvalue weighted by atomic mass is 19.4. The van der Waals surface area contributed by atoms with Gasteiger partial charge in [-0.2, -0.15) is 13.2 Å². The van der Waals surface area contributed by atoms with Gasteiger partial charge in [0.1, 0.15) is 0 Å². The first kappa shape index (κ1) is 8.53. The molecule has 1 aliphatic rings. The molecule has 0 saturated heterocycles. The molecule has 4 heteroatoms. The molecule has 0 atom stereocenters. The Morgan fingerprint density at radius 2 is 2.00 bits per heavy atom. The van der Waals surface area contributed by atoms with Crippen molar-refractivity contribution in [2.45, 2.75) is 25.4 Å². The first-order valence-corrected chi connectivity index (χ1v) is 4.12. The van der Waals surface area contributed by atoms with E-state index in [4.69, 9.17) is 0 Å². The van der Waals surface area contributed by atoms with Crippen LogP contribution in [0.5, 0.6) is 0 Å². The van der Waals surface area contributed by atoms with Crippen LogP contribution in [0.4, 0.5) is 13.2 Å². The van der Waals surface area contributed by atoms with Gasteiger partial charge in [0.25, 0.3) is 0 Å². The lowest BCUT2D eigenvalue weighted by Gasteiger charge is -2.07. The summed E-state index contributed by atoms with van der Waals surface area (Å²) >= 11 is 0. The fraction of sp³-hybridized carbons (Fsp3) is 0.444. The summed E-state index contributed by atoms with van der Waals surface area (Å²) in [5, 5.41) is 0. The summed E-state index contributed by atoms with van der Waals surface area (Å²) in [6, 6.07) is 1.22. The van der Waals surface area contributed by atoms with Gasteiger partial charge in [0.2, 0.25) is 0 Å². The van der Waals surface area contributed by atoms with Gasteiger partial charge in [0.15, 0.2) is 0 Å².